The maximum Gasteiger partial charge on any atom is 0.418 e. The molecule has 89 valence electrons. The second-order valence-corrected chi connectivity index (χ2v) is 3.39. The van der Waals surface area contributed by atoms with Gasteiger partial charge >= 0.3 is 6.18 Å². The second-order valence-electron chi connectivity index (χ2n) is 3.39. The van der Waals surface area contributed by atoms with Gasteiger partial charge in [-0.05, 0) is 27.4 Å². The van der Waals surface area contributed by atoms with Gasteiger partial charge in [-0.15, -0.1) is 0 Å². The van der Waals surface area contributed by atoms with Crippen LogP contribution in [0.15, 0.2) is 0 Å². The number of likely N-dealkylation sites (N-methyl/N-ethyl adjacent to an activating group) is 1. The molecule has 0 amide bonds. The molecule has 0 saturated carbocycles. The Morgan fingerprint density at radius 2 is 1.71 bits per heavy atom. The molecular weight excluding hydrogens is 242 g/mol. The zero-order chi connectivity index (χ0) is 10.9. The topological polar surface area (TPSA) is 23.5 Å². The van der Waals surface area contributed by atoms with Crippen LogP contribution in [-0.2, 0) is 16.8 Å². The molecule has 2 nitrogen and oxygen atoms in total. The zero-order valence-electron chi connectivity index (χ0n) is 8.65. The number of hydrogen-bond donors (Lipinski definition) is 1. The summed E-state index contributed by atoms with van der Waals surface area (Å²) >= 11 is 0. The van der Waals surface area contributed by atoms with E-state index in [1.165, 1.54) is 11.8 Å². The van der Waals surface area contributed by atoms with Crippen molar-refractivity contribution in [2.45, 2.75) is 38.6 Å². The summed E-state index contributed by atoms with van der Waals surface area (Å²) in [7, 11) is 1.55. The van der Waals surface area contributed by atoms with Crippen molar-refractivity contribution in [1.82, 2.24) is 4.90 Å². The molecule has 1 N–H and O–H groups in total. The third-order valence-corrected chi connectivity index (χ3v) is 2.55. The Morgan fingerprint density at radius 3 is 1.93 bits per heavy atom. The van der Waals surface area contributed by atoms with Gasteiger partial charge in [0.2, 0.25) is 0 Å². The van der Waals surface area contributed by atoms with Crippen molar-refractivity contribution >= 4 is 0 Å². The van der Waals surface area contributed by atoms with Crippen molar-refractivity contribution in [1.29, 1.82) is 0 Å². The predicted molar refractivity (Wildman–Crippen MR) is 44.4 cm³/mol. The maximum absolute atomic E-state index is 12.3. The minimum Gasteiger partial charge on any atom is -0.379 e. The van der Waals surface area contributed by atoms with Crippen LogP contribution in [0, 0.1) is 0 Å². The average Bonchev–Trinajstić information content (AvgIpc) is 1.99. The van der Waals surface area contributed by atoms with E-state index in [0.717, 1.165) is 6.92 Å². The van der Waals surface area contributed by atoms with E-state index < -0.39 is 17.8 Å². The van der Waals surface area contributed by atoms with Crippen LogP contribution in [0.25, 0.3) is 0 Å². The van der Waals surface area contributed by atoms with Gasteiger partial charge in [-0.2, -0.15) is 13.2 Å². The van der Waals surface area contributed by atoms with E-state index >= 15 is 0 Å². The Labute approximate surface area is 92.7 Å². The minimum absolute atomic E-state index is 0. The molecule has 0 aliphatic rings. The maximum atomic E-state index is 12.3. The summed E-state index contributed by atoms with van der Waals surface area (Å²) in [6.45, 7) is 4.36. The van der Waals surface area contributed by atoms with Gasteiger partial charge < -0.3 is 10.0 Å². The standard InChI is InChI=1S/C8H16F3NO.Co/c1-5-12(4)6(2)7(3,13)8(9,10)11;/h6,13H,5H2,1-4H3;. The zero-order valence-corrected chi connectivity index (χ0v) is 9.69. The third-order valence-electron chi connectivity index (χ3n) is 2.55. The average molecular weight is 258 g/mol. The van der Waals surface area contributed by atoms with Crippen LogP contribution in [0.5, 0.6) is 0 Å². The number of rotatable bonds is 3. The van der Waals surface area contributed by atoms with Gasteiger partial charge in [0, 0.05) is 22.8 Å². The Balaban J connectivity index is 0. The number of nitrogens with zero attached hydrogens (tertiary/aromatic N) is 1. The summed E-state index contributed by atoms with van der Waals surface area (Å²) in [6.07, 6.45) is -4.59. The molecular formula is C8H16CoF3NO. The first kappa shape index (κ1) is 16.6. The van der Waals surface area contributed by atoms with Crippen LogP contribution in [0.4, 0.5) is 13.2 Å². The van der Waals surface area contributed by atoms with E-state index in [-0.39, 0.29) is 16.8 Å². The van der Waals surface area contributed by atoms with Crippen LogP contribution in [0.3, 0.4) is 0 Å². The van der Waals surface area contributed by atoms with E-state index in [1.807, 2.05) is 0 Å². The minimum atomic E-state index is -4.59. The van der Waals surface area contributed by atoms with E-state index in [0.29, 0.717) is 6.54 Å². The van der Waals surface area contributed by atoms with Crippen molar-refractivity contribution in [3.63, 3.8) is 0 Å². The summed E-state index contributed by atoms with van der Waals surface area (Å²) < 4.78 is 36.9. The molecule has 0 spiro atoms. The number of alkyl halides is 3. The summed E-state index contributed by atoms with van der Waals surface area (Å²) in [5.41, 5.74) is -2.66. The van der Waals surface area contributed by atoms with Gasteiger partial charge in [-0.1, -0.05) is 6.92 Å². The van der Waals surface area contributed by atoms with Crippen LogP contribution < -0.4 is 0 Å². The number of halogens is 3. The molecule has 0 aromatic heterocycles. The molecule has 0 saturated heterocycles. The molecule has 2 atom stereocenters. The van der Waals surface area contributed by atoms with E-state index in [4.69, 9.17) is 0 Å². The third kappa shape index (κ3) is 3.41. The van der Waals surface area contributed by atoms with Gasteiger partial charge in [0.25, 0.3) is 0 Å². The van der Waals surface area contributed by atoms with Crippen molar-refractivity contribution < 1.29 is 35.1 Å². The molecule has 1 radical (unpaired) electrons. The van der Waals surface area contributed by atoms with Gasteiger partial charge in [0.15, 0.2) is 5.60 Å². The van der Waals surface area contributed by atoms with Crippen molar-refractivity contribution in [2.24, 2.45) is 0 Å². The monoisotopic (exact) mass is 258 g/mol. The van der Waals surface area contributed by atoms with Gasteiger partial charge in [-0.3, -0.25) is 0 Å². The van der Waals surface area contributed by atoms with Crippen molar-refractivity contribution in [2.75, 3.05) is 13.6 Å². The SMILES string of the molecule is CCN(C)C(C)C(C)(O)C(F)(F)F.[Co]. The molecule has 0 aliphatic carbocycles. The predicted octanol–water partition coefficient (Wildman–Crippen LogP) is 1.64. The van der Waals surface area contributed by atoms with Crippen molar-refractivity contribution in [3.8, 4) is 0 Å². The smallest absolute Gasteiger partial charge is 0.379 e. The van der Waals surface area contributed by atoms with Crippen LogP contribution in [0.2, 0.25) is 0 Å². The number of aliphatic hydroxyl groups is 1. The van der Waals surface area contributed by atoms with E-state index in [9.17, 15) is 18.3 Å². The molecule has 0 heterocycles. The Morgan fingerprint density at radius 1 is 1.36 bits per heavy atom. The Bertz CT molecular complexity index is 172. The molecule has 0 rings (SSSR count). The first-order valence-corrected chi connectivity index (χ1v) is 4.14. The summed E-state index contributed by atoms with van der Waals surface area (Å²) in [5.74, 6) is 0. The van der Waals surface area contributed by atoms with Crippen molar-refractivity contribution in [3.05, 3.63) is 0 Å². The molecule has 6 heteroatoms. The molecule has 14 heavy (non-hydrogen) atoms. The second kappa shape index (κ2) is 5.34. The van der Waals surface area contributed by atoms with E-state index in [2.05, 4.69) is 0 Å². The van der Waals surface area contributed by atoms with Crippen LogP contribution in [0.1, 0.15) is 20.8 Å². The largest absolute Gasteiger partial charge is 0.418 e. The molecule has 0 fully saturated rings. The quantitative estimate of drug-likeness (QED) is 0.831. The fraction of sp³-hybridized carbons (Fsp3) is 1.00. The first-order chi connectivity index (χ1) is 5.64. The molecule has 0 aliphatic heterocycles. The van der Waals surface area contributed by atoms with E-state index in [1.54, 1.807) is 14.0 Å². The Kier molecular flexibility index (Phi) is 6.35. The first-order valence-electron chi connectivity index (χ1n) is 4.14. The molecule has 0 aromatic rings. The molecule has 0 aromatic carbocycles. The number of hydrogen-bond acceptors (Lipinski definition) is 2. The fourth-order valence-corrected chi connectivity index (χ4v) is 0.940. The van der Waals surface area contributed by atoms with Gasteiger partial charge in [-0.25, -0.2) is 0 Å². The normalized spacial score (nSPS) is 18.6. The van der Waals surface area contributed by atoms with Gasteiger partial charge in [0.05, 0.1) is 0 Å². The molecule has 0 bridgehead atoms. The summed E-state index contributed by atoms with van der Waals surface area (Å²) in [6, 6.07) is -0.947. The van der Waals surface area contributed by atoms with Gasteiger partial charge in [0.1, 0.15) is 0 Å². The summed E-state index contributed by atoms with van der Waals surface area (Å²) in [5, 5.41) is 9.25. The van der Waals surface area contributed by atoms with Crippen LogP contribution >= 0.6 is 0 Å². The molecule has 2 unspecified atom stereocenters. The fourth-order valence-electron chi connectivity index (χ4n) is 0.940. The summed E-state index contributed by atoms with van der Waals surface area (Å²) in [4.78, 5) is 1.45. The Hall–Kier alpha value is 0.216. The van der Waals surface area contributed by atoms with Crippen LogP contribution in [-0.4, -0.2) is 41.4 Å².